The van der Waals surface area contributed by atoms with Crippen molar-refractivity contribution in [1.82, 2.24) is 14.4 Å². The van der Waals surface area contributed by atoms with Gasteiger partial charge in [0.15, 0.2) is 5.58 Å². The van der Waals surface area contributed by atoms with E-state index in [2.05, 4.69) is 10.2 Å². The predicted octanol–water partition coefficient (Wildman–Crippen LogP) is 1.22. The summed E-state index contributed by atoms with van der Waals surface area (Å²) in [5.74, 6) is -1.13. The first-order valence-electron chi connectivity index (χ1n) is 10.7. The lowest BCUT2D eigenvalue weighted by Gasteiger charge is -2.39. The molecule has 0 radical (unpaired) electrons. The molecule has 1 aromatic heterocycles. The average Bonchev–Trinajstić information content (AvgIpc) is 3.09. The van der Waals surface area contributed by atoms with Gasteiger partial charge < -0.3 is 15.5 Å². The summed E-state index contributed by atoms with van der Waals surface area (Å²) in [6.07, 6.45) is 0. The number of aryl methyl sites for hydroxylation is 1. The normalized spacial score (nSPS) is 17.5. The number of primary amides is 1. The molecule has 9 nitrogen and oxygen atoms in total. The van der Waals surface area contributed by atoms with E-state index in [0.717, 1.165) is 13.1 Å². The summed E-state index contributed by atoms with van der Waals surface area (Å²) in [4.78, 5) is 40.6. The standard InChI is InChI=1S/C23H27N5O4/c1-2-28-18-9-8-17(12-20(18)32-23(28)31)25-21(29)15-27-11-10-26(14-19(27)22(24)30)13-16-6-4-3-5-7-16/h3-9,12,19H,2,10-11,13-15H2,1H3,(H2,24,30)(H,25,29). The fourth-order valence-corrected chi connectivity index (χ4v) is 4.15. The van der Waals surface area contributed by atoms with Crippen LogP contribution in [0.2, 0.25) is 0 Å². The second kappa shape index (κ2) is 9.37. The highest BCUT2D eigenvalue weighted by Crippen LogP contribution is 2.19. The van der Waals surface area contributed by atoms with Crippen LogP contribution in [0, 0.1) is 0 Å². The largest absolute Gasteiger partial charge is 0.419 e. The number of fused-ring (bicyclic) bond motifs is 1. The minimum Gasteiger partial charge on any atom is -0.408 e. The third kappa shape index (κ3) is 4.74. The molecule has 1 fully saturated rings. The van der Waals surface area contributed by atoms with Crippen LogP contribution in [0.5, 0.6) is 0 Å². The Kier molecular flexibility index (Phi) is 6.38. The van der Waals surface area contributed by atoms with E-state index in [1.54, 1.807) is 18.2 Å². The first-order chi connectivity index (χ1) is 15.4. The number of hydrogen-bond donors (Lipinski definition) is 2. The molecule has 1 atom stereocenters. The van der Waals surface area contributed by atoms with E-state index >= 15 is 0 Å². The topological polar surface area (TPSA) is 114 Å². The highest BCUT2D eigenvalue weighted by atomic mass is 16.4. The van der Waals surface area contributed by atoms with Gasteiger partial charge in [-0.3, -0.25) is 24.0 Å². The zero-order chi connectivity index (χ0) is 22.7. The molecular weight excluding hydrogens is 410 g/mol. The summed E-state index contributed by atoms with van der Waals surface area (Å²) in [6.45, 7) is 4.90. The van der Waals surface area contributed by atoms with E-state index in [4.69, 9.17) is 10.2 Å². The van der Waals surface area contributed by atoms with Crippen molar-refractivity contribution in [3.05, 3.63) is 64.6 Å². The summed E-state index contributed by atoms with van der Waals surface area (Å²) in [5.41, 5.74) is 8.44. The number of oxazole rings is 1. The van der Waals surface area contributed by atoms with Gasteiger partial charge in [-0.25, -0.2) is 4.79 Å². The first-order valence-corrected chi connectivity index (χ1v) is 10.7. The SMILES string of the molecule is CCn1c(=O)oc2cc(NC(=O)CN3CCN(Cc4ccccc4)CC3C(N)=O)ccc21. The molecule has 0 spiro atoms. The van der Waals surface area contributed by atoms with Gasteiger partial charge >= 0.3 is 5.76 Å². The molecular formula is C23H27N5O4. The molecule has 3 aromatic rings. The molecule has 9 heteroatoms. The third-order valence-electron chi connectivity index (χ3n) is 5.77. The number of hydrogen-bond acceptors (Lipinski definition) is 6. The van der Waals surface area contributed by atoms with E-state index in [-0.39, 0.29) is 12.5 Å². The number of nitrogens with one attached hydrogen (secondary N) is 1. The number of anilines is 1. The van der Waals surface area contributed by atoms with Crippen molar-refractivity contribution < 1.29 is 14.0 Å². The number of nitrogens with zero attached hydrogens (tertiary/aromatic N) is 3. The van der Waals surface area contributed by atoms with Gasteiger partial charge in [0.05, 0.1) is 12.1 Å². The number of rotatable bonds is 7. The van der Waals surface area contributed by atoms with Crippen molar-refractivity contribution in [2.75, 3.05) is 31.5 Å². The highest BCUT2D eigenvalue weighted by Gasteiger charge is 2.32. The Morgan fingerprint density at radius 2 is 1.94 bits per heavy atom. The van der Waals surface area contributed by atoms with Crippen LogP contribution in [-0.2, 0) is 22.7 Å². The fourth-order valence-electron chi connectivity index (χ4n) is 4.15. The van der Waals surface area contributed by atoms with Gasteiger partial charge in [0.2, 0.25) is 11.8 Å². The molecule has 2 amide bonds. The molecule has 168 valence electrons. The van der Waals surface area contributed by atoms with Crippen LogP contribution >= 0.6 is 0 Å². The maximum Gasteiger partial charge on any atom is 0.419 e. The number of amides is 2. The number of carbonyl (C=O) groups is 2. The van der Waals surface area contributed by atoms with E-state index in [9.17, 15) is 14.4 Å². The smallest absolute Gasteiger partial charge is 0.408 e. The highest BCUT2D eigenvalue weighted by molar-refractivity contribution is 5.94. The van der Waals surface area contributed by atoms with Gasteiger partial charge in [0, 0.05) is 44.5 Å². The summed E-state index contributed by atoms with van der Waals surface area (Å²) in [6, 6.07) is 14.6. The Labute approximate surface area is 185 Å². The number of nitrogens with two attached hydrogens (primary N) is 1. The summed E-state index contributed by atoms with van der Waals surface area (Å²) in [5, 5.41) is 2.82. The van der Waals surface area contributed by atoms with Crippen molar-refractivity contribution in [2.24, 2.45) is 5.73 Å². The molecule has 1 unspecified atom stereocenters. The van der Waals surface area contributed by atoms with E-state index in [1.165, 1.54) is 10.1 Å². The molecule has 3 N–H and O–H groups in total. The zero-order valence-corrected chi connectivity index (χ0v) is 18.0. The number of aromatic nitrogens is 1. The number of benzene rings is 2. The molecule has 1 aliphatic rings. The molecule has 0 aliphatic carbocycles. The minimum absolute atomic E-state index is 0.0464. The third-order valence-corrected chi connectivity index (χ3v) is 5.77. The zero-order valence-electron chi connectivity index (χ0n) is 18.0. The second-order valence-corrected chi connectivity index (χ2v) is 7.95. The fraction of sp³-hybridized carbons (Fsp3) is 0.348. The van der Waals surface area contributed by atoms with Gasteiger partial charge in [-0.15, -0.1) is 0 Å². The van der Waals surface area contributed by atoms with Gasteiger partial charge in [-0.1, -0.05) is 30.3 Å². The maximum absolute atomic E-state index is 12.7. The van der Waals surface area contributed by atoms with Crippen LogP contribution in [0.1, 0.15) is 12.5 Å². The summed E-state index contributed by atoms with van der Waals surface area (Å²) >= 11 is 0. The Morgan fingerprint density at radius 1 is 1.16 bits per heavy atom. The molecule has 2 aromatic carbocycles. The summed E-state index contributed by atoms with van der Waals surface area (Å²) < 4.78 is 6.77. The first kappa shape index (κ1) is 21.8. The molecule has 1 saturated heterocycles. The van der Waals surface area contributed by atoms with Crippen molar-refractivity contribution in [3.8, 4) is 0 Å². The van der Waals surface area contributed by atoms with Gasteiger partial charge in [-0.05, 0) is 24.6 Å². The molecule has 1 aliphatic heterocycles. The van der Waals surface area contributed by atoms with Crippen LogP contribution in [0.3, 0.4) is 0 Å². The predicted molar refractivity (Wildman–Crippen MR) is 121 cm³/mol. The maximum atomic E-state index is 12.7. The van der Waals surface area contributed by atoms with Crippen LogP contribution in [0.15, 0.2) is 57.7 Å². The Balaban J connectivity index is 1.39. The van der Waals surface area contributed by atoms with Crippen molar-refractivity contribution >= 4 is 28.6 Å². The van der Waals surface area contributed by atoms with E-state index < -0.39 is 17.7 Å². The molecule has 0 bridgehead atoms. The quantitative estimate of drug-likeness (QED) is 0.575. The van der Waals surface area contributed by atoms with Gasteiger partial charge in [-0.2, -0.15) is 0 Å². The molecule has 2 heterocycles. The van der Waals surface area contributed by atoms with Crippen LogP contribution in [0.4, 0.5) is 5.69 Å². The van der Waals surface area contributed by atoms with Crippen LogP contribution in [0.25, 0.3) is 11.1 Å². The van der Waals surface area contributed by atoms with Crippen LogP contribution < -0.4 is 16.8 Å². The Bertz CT molecular complexity index is 1170. The van der Waals surface area contributed by atoms with Crippen molar-refractivity contribution in [2.45, 2.75) is 26.1 Å². The lowest BCUT2D eigenvalue weighted by molar-refractivity contribution is -0.127. The average molecular weight is 438 g/mol. The van der Waals surface area contributed by atoms with Crippen molar-refractivity contribution in [1.29, 1.82) is 0 Å². The number of carbonyl (C=O) groups excluding carboxylic acids is 2. The van der Waals surface area contributed by atoms with E-state index in [0.29, 0.717) is 36.4 Å². The Hall–Kier alpha value is -3.43. The second-order valence-electron chi connectivity index (χ2n) is 7.95. The minimum atomic E-state index is -0.544. The molecule has 4 rings (SSSR count). The summed E-state index contributed by atoms with van der Waals surface area (Å²) in [7, 11) is 0. The van der Waals surface area contributed by atoms with Gasteiger partial charge in [0.1, 0.15) is 6.04 Å². The lowest BCUT2D eigenvalue weighted by Crippen LogP contribution is -2.59. The van der Waals surface area contributed by atoms with Crippen molar-refractivity contribution in [3.63, 3.8) is 0 Å². The lowest BCUT2D eigenvalue weighted by atomic mass is 10.1. The monoisotopic (exact) mass is 437 g/mol. The van der Waals surface area contributed by atoms with Gasteiger partial charge in [0.25, 0.3) is 0 Å². The van der Waals surface area contributed by atoms with Crippen LogP contribution in [-0.4, -0.2) is 58.4 Å². The van der Waals surface area contributed by atoms with E-state index in [1.807, 2.05) is 42.2 Å². The molecule has 32 heavy (non-hydrogen) atoms. The Morgan fingerprint density at radius 3 is 2.66 bits per heavy atom. The number of piperazine rings is 1. The molecule has 0 saturated carbocycles.